The maximum absolute atomic E-state index is 14.3. The predicted molar refractivity (Wildman–Crippen MR) is 184 cm³/mol. The second-order valence-corrected chi connectivity index (χ2v) is 13.0. The van der Waals surface area contributed by atoms with Crippen molar-refractivity contribution < 1.29 is 43.7 Å². The summed E-state index contributed by atoms with van der Waals surface area (Å²) in [5.41, 5.74) is 1.30. The van der Waals surface area contributed by atoms with Crippen molar-refractivity contribution >= 4 is 29.7 Å². The number of nitrogens with one attached hydrogen (secondary N) is 1. The molecule has 49 heavy (non-hydrogen) atoms. The van der Waals surface area contributed by atoms with Crippen LogP contribution >= 0.6 is 0 Å². The van der Waals surface area contributed by atoms with Gasteiger partial charge in [-0.1, -0.05) is 65.8 Å². The molecule has 0 aromatic heterocycles. The summed E-state index contributed by atoms with van der Waals surface area (Å²) < 4.78 is 10.7. The normalized spacial score (nSPS) is 14.8. The number of methoxy groups -OCH3 is 1. The Labute approximate surface area is 289 Å². The summed E-state index contributed by atoms with van der Waals surface area (Å²) in [5, 5.41) is 22.3. The highest BCUT2D eigenvalue weighted by Crippen LogP contribution is 2.21. The van der Waals surface area contributed by atoms with E-state index in [4.69, 9.17) is 9.47 Å². The van der Waals surface area contributed by atoms with Crippen LogP contribution in [-0.4, -0.2) is 95.1 Å². The van der Waals surface area contributed by atoms with Crippen LogP contribution < -0.4 is 5.32 Å². The Hall–Kier alpha value is -4.61. The predicted octanol–water partition coefficient (Wildman–Crippen LogP) is 3.85. The average Bonchev–Trinajstić information content (AvgIpc) is 3.09. The van der Waals surface area contributed by atoms with Gasteiger partial charge in [0.05, 0.1) is 13.0 Å². The summed E-state index contributed by atoms with van der Waals surface area (Å²) in [6.45, 7) is 10.8. The van der Waals surface area contributed by atoms with Gasteiger partial charge in [-0.2, -0.15) is 0 Å². The monoisotopic (exact) mass is 683 g/mol. The van der Waals surface area contributed by atoms with Crippen molar-refractivity contribution in [1.29, 1.82) is 0 Å². The number of carbonyl (C=O) groups is 5. The van der Waals surface area contributed by atoms with Gasteiger partial charge in [-0.05, 0) is 54.2 Å². The van der Waals surface area contributed by atoms with Crippen LogP contribution in [0.3, 0.4) is 0 Å². The Morgan fingerprint density at radius 3 is 1.61 bits per heavy atom. The number of aromatic hydroxyl groups is 2. The topological polar surface area (TPSA) is 163 Å². The van der Waals surface area contributed by atoms with Crippen molar-refractivity contribution in [1.82, 2.24) is 15.1 Å². The highest BCUT2D eigenvalue weighted by Gasteiger charge is 2.40. The van der Waals surface area contributed by atoms with Gasteiger partial charge >= 0.3 is 11.9 Å². The van der Waals surface area contributed by atoms with E-state index in [0.717, 1.165) is 0 Å². The number of phenolic OH excluding ortho intramolecular Hbond substituents is 2. The molecule has 0 heterocycles. The van der Waals surface area contributed by atoms with Crippen LogP contribution in [0, 0.1) is 17.8 Å². The maximum atomic E-state index is 14.3. The molecule has 0 aliphatic carbocycles. The van der Waals surface area contributed by atoms with Gasteiger partial charge in [-0.25, -0.2) is 4.79 Å². The van der Waals surface area contributed by atoms with Crippen LogP contribution in [0.2, 0.25) is 0 Å². The zero-order chi connectivity index (χ0) is 37.0. The molecule has 6 atom stereocenters. The fourth-order valence-electron chi connectivity index (χ4n) is 5.18. The fraction of sp³-hybridized carbons (Fsp3) is 0.541. The molecule has 12 nitrogen and oxygen atoms in total. The number of nitrogens with zero attached hydrogens (tertiary/aromatic N) is 2. The summed E-state index contributed by atoms with van der Waals surface area (Å²) in [6.07, 6.45) is 0.0808. The summed E-state index contributed by atoms with van der Waals surface area (Å²) in [7, 11) is 4.14. The van der Waals surface area contributed by atoms with Gasteiger partial charge in [0, 0.05) is 32.9 Å². The molecule has 0 radical (unpaired) electrons. The smallest absolute Gasteiger partial charge is 0.328 e. The second-order valence-electron chi connectivity index (χ2n) is 13.0. The summed E-state index contributed by atoms with van der Waals surface area (Å²) >= 11 is 0. The van der Waals surface area contributed by atoms with Crippen molar-refractivity contribution in [2.45, 2.75) is 91.5 Å². The van der Waals surface area contributed by atoms with Crippen LogP contribution in [0.5, 0.6) is 11.5 Å². The Balaban J connectivity index is 2.48. The Bertz CT molecular complexity index is 1410. The van der Waals surface area contributed by atoms with Crippen LogP contribution in [-0.2, 0) is 46.3 Å². The van der Waals surface area contributed by atoms with E-state index in [1.807, 2.05) is 13.8 Å². The number of likely N-dealkylation sites (N-methyl/N-ethyl adjacent to an activating group) is 2. The minimum absolute atomic E-state index is 0.0274. The van der Waals surface area contributed by atoms with Crippen molar-refractivity contribution in [2.24, 2.45) is 17.8 Å². The highest BCUT2D eigenvalue weighted by atomic mass is 16.5. The molecule has 0 saturated carbocycles. The van der Waals surface area contributed by atoms with E-state index in [-0.39, 0.29) is 30.3 Å². The molecule has 1 unspecified atom stereocenters. The minimum atomic E-state index is -1.14. The molecule has 2 aromatic carbocycles. The van der Waals surface area contributed by atoms with Crippen LogP contribution in [0.4, 0.5) is 0 Å². The lowest BCUT2D eigenvalue weighted by atomic mass is 9.96. The van der Waals surface area contributed by atoms with Crippen LogP contribution in [0.15, 0.2) is 48.5 Å². The summed E-state index contributed by atoms with van der Waals surface area (Å²) in [4.78, 5) is 70.3. The second kappa shape index (κ2) is 18.8. The highest BCUT2D eigenvalue weighted by molar-refractivity contribution is 5.94. The van der Waals surface area contributed by atoms with Gasteiger partial charge in [0.15, 0.2) is 6.10 Å². The number of rotatable bonds is 17. The van der Waals surface area contributed by atoms with Crippen LogP contribution in [0.1, 0.15) is 65.5 Å². The zero-order valence-electron chi connectivity index (χ0n) is 30.1. The first-order chi connectivity index (χ1) is 23.1. The third kappa shape index (κ3) is 11.2. The lowest BCUT2D eigenvalue weighted by Gasteiger charge is -2.36. The van der Waals surface area contributed by atoms with E-state index in [9.17, 15) is 34.2 Å². The van der Waals surface area contributed by atoms with E-state index in [2.05, 4.69) is 5.32 Å². The first kappa shape index (κ1) is 40.6. The molecule has 3 N–H and O–H groups in total. The van der Waals surface area contributed by atoms with Gasteiger partial charge in [-0.3, -0.25) is 19.2 Å². The van der Waals surface area contributed by atoms with Crippen molar-refractivity contribution in [3.8, 4) is 11.5 Å². The van der Waals surface area contributed by atoms with Gasteiger partial charge in [0.2, 0.25) is 11.8 Å². The van der Waals surface area contributed by atoms with E-state index >= 15 is 0 Å². The number of hydrogen-bond donors (Lipinski definition) is 3. The standard InChI is InChI=1S/C37H53N3O9/c1-10-23(5)32(49-36(46)24(6)11-2)33(43)38-31(22(3)4)35(45)39(7)29(20-25-12-16-27(41)17-13-25)34(44)40(8)30(37(47)48-9)21-26-14-18-28(42)19-15-26/h12-19,22-24,29-32,41-42H,10-11,20-21H2,1-9H3,(H,38,43)/t23-,24-,29?,30+,31-,32-/m0/s1. The Morgan fingerprint density at radius 2 is 1.18 bits per heavy atom. The molecule has 0 saturated heterocycles. The SMILES string of the molecule is CC[C@H](C)C(=O)O[C@H](C(=O)N[C@H](C(=O)N(C)C(Cc1ccc(O)cc1)C(=O)N(C)[C@H](Cc1ccc(O)cc1)C(=O)OC)C(C)C)[C@@H](C)CC. The molecule has 2 aromatic rings. The Morgan fingerprint density at radius 1 is 0.714 bits per heavy atom. The van der Waals surface area contributed by atoms with E-state index in [1.165, 1.54) is 55.3 Å². The summed E-state index contributed by atoms with van der Waals surface area (Å²) in [5.74, 6) is -3.96. The quantitative estimate of drug-likeness (QED) is 0.210. The number of carbonyl (C=O) groups excluding carboxylic acids is 5. The average molecular weight is 684 g/mol. The molecule has 0 bridgehead atoms. The molecular formula is C37H53N3O9. The number of hydrogen-bond acceptors (Lipinski definition) is 9. The summed E-state index contributed by atoms with van der Waals surface area (Å²) in [6, 6.07) is 9.14. The largest absolute Gasteiger partial charge is 0.508 e. The van der Waals surface area contributed by atoms with Crippen LogP contribution in [0.25, 0.3) is 0 Å². The number of ether oxygens (including phenoxy) is 2. The number of amides is 3. The van der Waals surface area contributed by atoms with Gasteiger partial charge in [-0.15, -0.1) is 0 Å². The van der Waals surface area contributed by atoms with Gasteiger partial charge in [0.25, 0.3) is 5.91 Å². The molecule has 0 fully saturated rings. The van der Waals surface area contributed by atoms with E-state index in [1.54, 1.807) is 52.0 Å². The molecule has 3 amide bonds. The molecule has 270 valence electrons. The third-order valence-corrected chi connectivity index (χ3v) is 9.03. The van der Waals surface area contributed by atoms with Gasteiger partial charge < -0.3 is 34.8 Å². The molecule has 0 spiro atoms. The number of phenols is 2. The first-order valence-electron chi connectivity index (χ1n) is 16.7. The number of esters is 2. The third-order valence-electron chi connectivity index (χ3n) is 9.03. The number of benzene rings is 2. The lowest BCUT2D eigenvalue weighted by molar-refractivity contribution is -0.163. The zero-order valence-corrected chi connectivity index (χ0v) is 30.1. The van der Waals surface area contributed by atoms with E-state index < -0.39 is 65.7 Å². The molecule has 12 heteroatoms. The molecular weight excluding hydrogens is 630 g/mol. The van der Waals surface area contributed by atoms with Crippen molar-refractivity contribution in [2.75, 3.05) is 21.2 Å². The molecule has 2 rings (SSSR count). The fourth-order valence-corrected chi connectivity index (χ4v) is 5.18. The maximum Gasteiger partial charge on any atom is 0.328 e. The van der Waals surface area contributed by atoms with Gasteiger partial charge in [0.1, 0.15) is 29.6 Å². The molecule has 0 aliphatic rings. The first-order valence-corrected chi connectivity index (χ1v) is 16.7. The van der Waals surface area contributed by atoms with Crippen molar-refractivity contribution in [3.05, 3.63) is 59.7 Å². The van der Waals surface area contributed by atoms with Crippen molar-refractivity contribution in [3.63, 3.8) is 0 Å². The molecule has 0 aliphatic heterocycles. The Kier molecular flexibility index (Phi) is 15.6. The van der Waals surface area contributed by atoms with E-state index in [0.29, 0.717) is 24.0 Å². The lowest BCUT2D eigenvalue weighted by Crippen LogP contribution is -2.59. The minimum Gasteiger partial charge on any atom is -0.508 e.